The molecule has 1 aliphatic rings. The maximum absolute atomic E-state index is 5.98. The first kappa shape index (κ1) is 17.3. The van der Waals surface area contributed by atoms with Crippen LogP contribution in [-0.2, 0) is 6.42 Å². The second kappa shape index (κ2) is 8.53. The van der Waals surface area contributed by atoms with Gasteiger partial charge in [0.25, 0.3) is 0 Å². The lowest BCUT2D eigenvalue weighted by Crippen LogP contribution is -2.33. The lowest BCUT2D eigenvalue weighted by molar-refractivity contribution is 0.601. The van der Waals surface area contributed by atoms with Gasteiger partial charge in [-0.3, -0.25) is 4.99 Å². The SMILES string of the molecule is NC(=NCC1CCN(c2cccc(Br)c2)C1)NCCc1cccs1. The molecule has 0 radical (unpaired) electrons. The largest absolute Gasteiger partial charge is 0.371 e. The number of guanidine groups is 1. The summed E-state index contributed by atoms with van der Waals surface area (Å²) in [5.74, 6) is 1.13. The first-order chi connectivity index (χ1) is 11.7. The van der Waals surface area contributed by atoms with E-state index in [1.165, 1.54) is 17.0 Å². The third kappa shape index (κ3) is 4.98. The average molecular weight is 407 g/mol. The fourth-order valence-electron chi connectivity index (χ4n) is 2.94. The zero-order valence-electron chi connectivity index (χ0n) is 13.6. The van der Waals surface area contributed by atoms with Crippen molar-refractivity contribution in [2.24, 2.45) is 16.6 Å². The summed E-state index contributed by atoms with van der Waals surface area (Å²) in [5, 5.41) is 5.31. The van der Waals surface area contributed by atoms with Gasteiger partial charge in [-0.1, -0.05) is 28.1 Å². The number of anilines is 1. The lowest BCUT2D eigenvalue weighted by atomic mass is 10.1. The van der Waals surface area contributed by atoms with Crippen LogP contribution in [0.5, 0.6) is 0 Å². The highest BCUT2D eigenvalue weighted by molar-refractivity contribution is 9.10. The highest BCUT2D eigenvalue weighted by Gasteiger charge is 2.22. The quantitative estimate of drug-likeness (QED) is 0.570. The fraction of sp³-hybridized carbons (Fsp3) is 0.389. The molecular weight excluding hydrogens is 384 g/mol. The molecule has 3 N–H and O–H groups in total. The van der Waals surface area contributed by atoms with E-state index in [0.717, 1.165) is 37.1 Å². The Morgan fingerprint density at radius 3 is 3.08 bits per heavy atom. The van der Waals surface area contributed by atoms with Crippen molar-refractivity contribution in [1.82, 2.24) is 5.32 Å². The standard InChI is InChI=1S/C18H23BrN4S/c19-15-3-1-4-16(11-15)23-9-7-14(13-23)12-22-18(20)21-8-6-17-5-2-10-24-17/h1-5,10-11,14H,6-9,12-13H2,(H3,20,21,22). The second-order valence-corrected chi connectivity index (χ2v) is 8.01. The number of hydrogen-bond donors (Lipinski definition) is 2. The van der Waals surface area contributed by atoms with Crippen LogP contribution >= 0.6 is 27.3 Å². The van der Waals surface area contributed by atoms with Crippen molar-refractivity contribution in [3.05, 3.63) is 51.1 Å². The van der Waals surface area contributed by atoms with E-state index in [1.54, 1.807) is 11.3 Å². The number of nitrogens with two attached hydrogens (primary N) is 1. The van der Waals surface area contributed by atoms with Gasteiger partial charge < -0.3 is 16.0 Å². The molecule has 1 unspecified atom stereocenters. The van der Waals surface area contributed by atoms with Crippen molar-refractivity contribution in [2.75, 3.05) is 31.1 Å². The van der Waals surface area contributed by atoms with Gasteiger partial charge in [-0.25, -0.2) is 0 Å². The molecule has 0 amide bonds. The molecule has 6 heteroatoms. The van der Waals surface area contributed by atoms with Crippen LogP contribution in [0, 0.1) is 5.92 Å². The Balaban J connectivity index is 1.41. The smallest absolute Gasteiger partial charge is 0.188 e. The maximum atomic E-state index is 5.98. The average Bonchev–Trinajstić information content (AvgIpc) is 3.25. The molecular formula is C18H23BrN4S. The molecule has 2 aromatic rings. The summed E-state index contributed by atoms with van der Waals surface area (Å²) in [6.45, 7) is 3.76. The van der Waals surface area contributed by atoms with Gasteiger partial charge in [0.15, 0.2) is 5.96 Å². The molecule has 0 saturated carbocycles. The molecule has 128 valence electrons. The highest BCUT2D eigenvalue weighted by atomic mass is 79.9. The minimum absolute atomic E-state index is 0.562. The molecule has 24 heavy (non-hydrogen) atoms. The number of nitrogens with zero attached hydrogens (tertiary/aromatic N) is 2. The first-order valence-corrected chi connectivity index (χ1v) is 9.94. The Kier molecular flexibility index (Phi) is 6.15. The zero-order valence-corrected chi connectivity index (χ0v) is 16.0. The minimum Gasteiger partial charge on any atom is -0.371 e. The molecule has 1 fully saturated rings. The molecule has 3 rings (SSSR count). The Morgan fingerprint density at radius 2 is 2.29 bits per heavy atom. The van der Waals surface area contributed by atoms with E-state index in [2.05, 4.69) is 72.9 Å². The van der Waals surface area contributed by atoms with Crippen molar-refractivity contribution < 1.29 is 0 Å². The van der Waals surface area contributed by atoms with Gasteiger partial charge in [0.1, 0.15) is 0 Å². The van der Waals surface area contributed by atoms with Gasteiger partial charge in [-0.15, -0.1) is 11.3 Å². The Bertz CT molecular complexity index is 671. The van der Waals surface area contributed by atoms with Gasteiger partial charge in [0, 0.05) is 41.2 Å². The van der Waals surface area contributed by atoms with Crippen LogP contribution < -0.4 is 16.0 Å². The maximum Gasteiger partial charge on any atom is 0.188 e. The van der Waals surface area contributed by atoms with E-state index in [1.807, 2.05) is 0 Å². The Morgan fingerprint density at radius 1 is 1.38 bits per heavy atom. The molecule has 0 bridgehead atoms. The molecule has 1 aromatic heterocycles. The predicted octanol–water partition coefficient (Wildman–Crippen LogP) is 3.48. The van der Waals surface area contributed by atoms with Crippen molar-refractivity contribution in [3.8, 4) is 0 Å². The molecule has 1 atom stereocenters. The van der Waals surface area contributed by atoms with Crippen LogP contribution in [0.1, 0.15) is 11.3 Å². The molecule has 0 spiro atoms. The minimum atomic E-state index is 0.562. The molecule has 1 saturated heterocycles. The predicted molar refractivity (Wildman–Crippen MR) is 107 cm³/mol. The zero-order chi connectivity index (χ0) is 16.8. The number of nitrogens with one attached hydrogen (secondary N) is 1. The third-order valence-corrected chi connectivity index (χ3v) is 5.67. The summed E-state index contributed by atoms with van der Waals surface area (Å²) in [6.07, 6.45) is 2.16. The van der Waals surface area contributed by atoms with Crippen LogP contribution in [0.15, 0.2) is 51.2 Å². The van der Waals surface area contributed by atoms with Gasteiger partial charge in [-0.05, 0) is 48.4 Å². The monoisotopic (exact) mass is 406 g/mol. The second-order valence-electron chi connectivity index (χ2n) is 6.06. The Hall–Kier alpha value is -1.53. The van der Waals surface area contributed by atoms with Gasteiger partial charge in [-0.2, -0.15) is 0 Å². The fourth-order valence-corrected chi connectivity index (χ4v) is 4.04. The number of hydrogen-bond acceptors (Lipinski definition) is 3. The summed E-state index contributed by atoms with van der Waals surface area (Å²) in [4.78, 5) is 8.31. The summed E-state index contributed by atoms with van der Waals surface area (Å²) in [7, 11) is 0. The molecule has 1 aliphatic heterocycles. The molecule has 0 aliphatic carbocycles. The first-order valence-electron chi connectivity index (χ1n) is 8.27. The summed E-state index contributed by atoms with van der Waals surface area (Å²) in [6, 6.07) is 12.7. The van der Waals surface area contributed by atoms with Gasteiger partial charge in [0.05, 0.1) is 0 Å². The van der Waals surface area contributed by atoms with Crippen LogP contribution in [-0.4, -0.2) is 32.1 Å². The van der Waals surface area contributed by atoms with E-state index >= 15 is 0 Å². The highest BCUT2D eigenvalue weighted by Crippen LogP contribution is 2.26. The van der Waals surface area contributed by atoms with Crippen molar-refractivity contribution in [3.63, 3.8) is 0 Å². The van der Waals surface area contributed by atoms with E-state index < -0.39 is 0 Å². The number of aliphatic imine (C=N–C) groups is 1. The van der Waals surface area contributed by atoms with E-state index in [-0.39, 0.29) is 0 Å². The van der Waals surface area contributed by atoms with Crippen molar-refractivity contribution in [2.45, 2.75) is 12.8 Å². The van der Waals surface area contributed by atoms with Crippen LogP contribution in [0.3, 0.4) is 0 Å². The van der Waals surface area contributed by atoms with Crippen LogP contribution in [0.25, 0.3) is 0 Å². The molecule has 2 heterocycles. The van der Waals surface area contributed by atoms with Gasteiger partial charge >= 0.3 is 0 Å². The topological polar surface area (TPSA) is 53.6 Å². The lowest BCUT2D eigenvalue weighted by Gasteiger charge is -2.18. The normalized spacial score (nSPS) is 18.1. The molecule has 1 aromatic carbocycles. The summed E-state index contributed by atoms with van der Waals surface area (Å²) in [5.41, 5.74) is 7.26. The van der Waals surface area contributed by atoms with Gasteiger partial charge in [0.2, 0.25) is 0 Å². The number of rotatable bonds is 6. The van der Waals surface area contributed by atoms with Crippen LogP contribution in [0.4, 0.5) is 5.69 Å². The van der Waals surface area contributed by atoms with E-state index in [4.69, 9.17) is 5.73 Å². The Labute approximate surface area is 155 Å². The number of halogens is 1. The third-order valence-electron chi connectivity index (χ3n) is 4.24. The van der Waals surface area contributed by atoms with E-state index in [9.17, 15) is 0 Å². The van der Waals surface area contributed by atoms with Crippen LogP contribution in [0.2, 0.25) is 0 Å². The summed E-state index contributed by atoms with van der Waals surface area (Å²) >= 11 is 5.32. The van der Waals surface area contributed by atoms with Crippen molar-refractivity contribution in [1.29, 1.82) is 0 Å². The number of thiophene rings is 1. The summed E-state index contributed by atoms with van der Waals surface area (Å²) < 4.78 is 1.13. The van der Waals surface area contributed by atoms with E-state index in [0.29, 0.717) is 11.9 Å². The van der Waals surface area contributed by atoms with Crippen molar-refractivity contribution >= 4 is 38.9 Å². The molecule has 4 nitrogen and oxygen atoms in total. The number of benzene rings is 1.